The molecule has 78 valence electrons. The van der Waals surface area contributed by atoms with E-state index in [0.29, 0.717) is 0 Å². The van der Waals surface area contributed by atoms with Gasteiger partial charge in [-0.1, -0.05) is 15.9 Å². The van der Waals surface area contributed by atoms with Crippen LogP contribution >= 0.6 is 15.9 Å². The lowest BCUT2D eigenvalue weighted by molar-refractivity contribution is 0.258. The minimum Gasteiger partial charge on any atom is -0.305 e. The molecular weight excluding hydrogens is 228 g/mol. The zero-order valence-corrected chi connectivity index (χ0v) is 10.2. The average molecular weight is 249 g/mol. The third kappa shape index (κ3) is 4.99. The van der Waals surface area contributed by atoms with E-state index >= 15 is 0 Å². The highest BCUT2D eigenvalue weighted by Crippen LogP contribution is 2.06. The number of hydrogen-bond donors (Lipinski definition) is 0. The fourth-order valence-corrected chi connectivity index (χ4v) is 2.01. The van der Waals surface area contributed by atoms with Gasteiger partial charge in [-0.3, -0.25) is 0 Å². The van der Waals surface area contributed by atoms with Crippen molar-refractivity contribution in [2.24, 2.45) is 0 Å². The molecule has 2 nitrogen and oxygen atoms in total. The zero-order chi connectivity index (χ0) is 9.52. The molecule has 0 amide bonds. The van der Waals surface area contributed by atoms with Crippen LogP contribution in [0.1, 0.15) is 19.3 Å². The summed E-state index contributed by atoms with van der Waals surface area (Å²) in [6, 6.07) is 0. The second kappa shape index (κ2) is 6.80. The monoisotopic (exact) mass is 248 g/mol. The molecule has 1 saturated heterocycles. The summed E-state index contributed by atoms with van der Waals surface area (Å²) in [7, 11) is 2.22. The average Bonchev–Trinajstić information content (AvgIpc) is 2.64. The fraction of sp³-hybridized carbons (Fsp3) is 1.00. The summed E-state index contributed by atoms with van der Waals surface area (Å²) in [5.74, 6) is 0. The van der Waals surface area contributed by atoms with Gasteiger partial charge >= 0.3 is 0 Å². The summed E-state index contributed by atoms with van der Waals surface area (Å²) in [4.78, 5) is 5.00. The highest BCUT2D eigenvalue weighted by molar-refractivity contribution is 9.09. The van der Waals surface area contributed by atoms with Gasteiger partial charge in [-0.05, 0) is 45.9 Å². The molecule has 0 aromatic rings. The van der Waals surface area contributed by atoms with Crippen molar-refractivity contribution in [1.29, 1.82) is 0 Å². The zero-order valence-electron chi connectivity index (χ0n) is 8.64. The normalized spacial score (nSPS) is 18.7. The lowest BCUT2D eigenvalue weighted by Gasteiger charge is -2.20. The van der Waals surface area contributed by atoms with Crippen LogP contribution in [-0.2, 0) is 0 Å². The molecule has 1 rings (SSSR count). The molecule has 0 atom stereocenters. The van der Waals surface area contributed by atoms with Crippen LogP contribution in [0, 0.1) is 0 Å². The Balaban J connectivity index is 1.97. The van der Waals surface area contributed by atoms with Gasteiger partial charge in [0.05, 0.1) is 0 Å². The summed E-state index contributed by atoms with van der Waals surface area (Å²) in [6.45, 7) is 6.36. The smallest absolute Gasteiger partial charge is 0.0109 e. The van der Waals surface area contributed by atoms with Crippen LogP contribution in [0.4, 0.5) is 0 Å². The predicted octanol–water partition coefficient (Wildman–Crippen LogP) is 1.80. The highest BCUT2D eigenvalue weighted by atomic mass is 79.9. The molecule has 0 radical (unpaired) electrons. The Hall–Kier alpha value is 0.400. The first kappa shape index (κ1) is 11.5. The minimum absolute atomic E-state index is 1.13. The van der Waals surface area contributed by atoms with Crippen molar-refractivity contribution < 1.29 is 0 Å². The highest BCUT2D eigenvalue weighted by Gasteiger charge is 2.11. The van der Waals surface area contributed by atoms with Crippen molar-refractivity contribution in [1.82, 2.24) is 9.80 Å². The summed E-state index contributed by atoms with van der Waals surface area (Å²) in [5, 5.41) is 1.13. The third-order valence-corrected chi connectivity index (χ3v) is 3.23. The predicted molar refractivity (Wildman–Crippen MR) is 61.6 cm³/mol. The molecule has 0 N–H and O–H groups in total. The molecule has 0 unspecified atom stereocenters. The fourth-order valence-electron chi connectivity index (χ4n) is 1.76. The van der Waals surface area contributed by atoms with Gasteiger partial charge in [-0.25, -0.2) is 0 Å². The Bertz CT molecular complexity index is 124. The summed E-state index contributed by atoms with van der Waals surface area (Å²) < 4.78 is 0. The number of alkyl halides is 1. The van der Waals surface area contributed by atoms with Crippen molar-refractivity contribution >= 4 is 15.9 Å². The van der Waals surface area contributed by atoms with Gasteiger partial charge in [0.15, 0.2) is 0 Å². The third-order valence-electron chi connectivity index (χ3n) is 2.67. The van der Waals surface area contributed by atoms with E-state index in [2.05, 4.69) is 32.8 Å². The van der Waals surface area contributed by atoms with Gasteiger partial charge in [0, 0.05) is 18.4 Å². The molecule has 0 aromatic carbocycles. The van der Waals surface area contributed by atoms with E-state index in [0.717, 1.165) is 5.33 Å². The molecule has 0 aromatic heterocycles. The second-order valence-electron chi connectivity index (χ2n) is 3.89. The van der Waals surface area contributed by atoms with E-state index in [4.69, 9.17) is 0 Å². The molecule has 1 aliphatic heterocycles. The number of likely N-dealkylation sites (N-methyl/N-ethyl adjacent to an activating group) is 1. The SMILES string of the molecule is CN(CCCBr)CCN1CCCC1. The molecule has 3 heteroatoms. The molecule has 1 fully saturated rings. The summed E-state index contributed by atoms with van der Waals surface area (Å²) in [5.41, 5.74) is 0. The van der Waals surface area contributed by atoms with E-state index in [1.165, 1.54) is 52.0 Å². The van der Waals surface area contributed by atoms with Gasteiger partial charge in [0.25, 0.3) is 0 Å². The molecule has 1 aliphatic rings. The van der Waals surface area contributed by atoms with Crippen molar-refractivity contribution in [2.45, 2.75) is 19.3 Å². The summed E-state index contributed by atoms with van der Waals surface area (Å²) >= 11 is 3.46. The van der Waals surface area contributed by atoms with Gasteiger partial charge in [-0.2, -0.15) is 0 Å². The van der Waals surface area contributed by atoms with Crippen LogP contribution in [0.15, 0.2) is 0 Å². The number of rotatable bonds is 6. The Morgan fingerprint density at radius 2 is 1.92 bits per heavy atom. The quantitative estimate of drug-likeness (QED) is 0.662. The summed E-state index contributed by atoms with van der Waals surface area (Å²) in [6.07, 6.45) is 4.08. The van der Waals surface area contributed by atoms with Gasteiger partial charge in [-0.15, -0.1) is 0 Å². The Morgan fingerprint density at radius 3 is 2.54 bits per heavy atom. The van der Waals surface area contributed by atoms with Crippen LogP contribution in [0.25, 0.3) is 0 Å². The maximum Gasteiger partial charge on any atom is 0.0109 e. The molecule has 0 spiro atoms. The first-order chi connectivity index (χ1) is 6.33. The maximum absolute atomic E-state index is 3.46. The van der Waals surface area contributed by atoms with E-state index < -0.39 is 0 Å². The number of halogens is 1. The van der Waals surface area contributed by atoms with Crippen LogP contribution in [0.2, 0.25) is 0 Å². The molecule has 0 aliphatic carbocycles. The van der Waals surface area contributed by atoms with E-state index in [-0.39, 0.29) is 0 Å². The van der Waals surface area contributed by atoms with Crippen LogP contribution in [0.3, 0.4) is 0 Å². The van der Waals surface area contributed by atoms with E-state index in [1.807, 2.05) is 0 Å². The van der Waals surface area contributed by atoms with Crippen molar-refractivity contribution in [3.63, 3.8) is 0 Å². The largest absolute Gasteiger partial charge is 0.305 e. The molecular formula is C10H21BrN2. The number of likely N-dealkylation sites (tertiary alicyclic amines) is 1. The first-order valence-corrected chi connectivity index (χ1v) is 6.42. The number of hydrogen-bond acceptors (Lipinski definition) is 2. The standard InChI is InChI=1S/C10H21BrN2/c1-12(6-4-5-11)9-10-13-7-2-3-8-13/h2-10H2,1H3. The van der Waals surface area contributed by atoms with Gasteiger partial charge in [0.2, 0.25) is 0 Å². The molecule has 0 saturated carbocycles. The van der Waals surface area contributed by atoms with Crippen LogP contribution in [0.5, 0.6) is 0 Å². The minimum atomic E-state index is 1.13. The lowest BCUT2D eigenvalue weighted by Crippen LogP contribution is -2.32. The Labute approximate surface area is 90.4 Å². The topological polar surface area (TPSA) is 6.48 Å². The van der Waals surface area contributed by atoms with Crippen molar-refractivity contribution in [2.75, 3.05) is 45.1 Å². The van der Waals surface area contributed by atoms with Crippen molar-refractivity contribution in [3.8, 4) is 0 Å². The van der Waals surface area contributed by atoms with E-state index in [9.17, 15) is 0 Å². The molecule has 1 heterocycles. The first-order valence-electron chi connectivity index (χ1n) is 5.30. The van der Waals surface area contributed by atoms with E-state index in [1.54, 1.807) is 0 Å². The van der Waals surface area contributed by atoms with Crippen LogP contribution in [-0.4, -0.2) is 54.9 Å². The lowest BCUT2D eigenvalue weighted by atomic mass is 10.4. The second-order valence-corrected chi connectivity index (χ2v) is 4.69. The Morgan fingerprint density at radius 1 is 1.23 bits per heavy atom. The van der Waals surface area contributed by atoms with Crippen LogP contribution < -0.4 is 0 Å². The maximum atomic E-state index is 3.46. The molecule has 0 bridgehead atoms. The van der Waals surface area contributed by atoms with Crippen molar-refractivity contribution in [3.05, 3.63) is 0 Å². The molecule has 13 heavy (non-hydrogen) atoms. The Kier molecular flexibility index (Phi) is 6.00. The van der Waals surface area contributed by atoms with Gasteiger partial charge in [0.1, 0.15) is 0 Å². The van der Waals surface area contributed by atoms with Gasteiger partial charge < -0.3 is 9.80 Å². The number of nitrogens with zero attached hydrogens (tertiary/aromatic N) is 2.